The van der Waals surface area contributed by atoms with Gasteiger partial charge in [0.05, 0.1) is 24.8 Å². The van der Waals surface area contributed by atoms with Gasteiger partial charge in [-0.15, -0.1) is 0 Å². The number of benzene rings is 2. The normalized spacial score (nSPS) is 16.9. The second-order valence-corrected chi connectivity index (χ2v) is 9.29. The molecule has 0 radical (unpaired) electrons. The lowest BCUT2D eigenvalue weighted by Gasteiger charge is -2.25. The molecule has 1 amide bonds. The molecular weight excluding hydrogens is 470 g/mol. The van der Waals surface area contributed by atoms with E-state index in [2.05, 4.69) is 6.92 Å². The number of aliphatic hydroxyl groups is 1. The number of aliphatic hydroxyl groups excluding tert-OH is 1. The second-order valence-electron chi connectivity index (χ2n) is 9.29. The van der Waals surface area contributed by atoms with Gasteiger partial charge in [-0.2, -0.15) is 0 Å². The molecule has 1 N–H and O–H groups in total. The monoisotopic (exact) mass is 509 g/mol. The summed E-state index contributed by atoms with van der Waals surface area (Å²) < 4.78 is 16.7. The van der Waals surface area contributed by atoms with Crippen LogP contribution in [0.1, 0.15) is 68.7 Å². The number of ketones is 1. The van der Waals surface area contributed by atoms with E-state index in [-0.39, 0.29) is 11.3 Å². The van der Waals surface area contributed by atoms with E-state index in [0.29, 0.717) is 44.1 Å². The van der Waals surface area contributed by atoms with Gasteiger partial charge in [0.1, 0.15) is 17.3 Å². The lowest BCUT2D eigenvalue weighted by molar-refractivity contribution is -0.140. The maximum Gasteiger partial charge on any atom is 0.295 e. The molecule has 0 aromatic heterocycles. The molecule has 1 unspecified atom stereocenters. The Labute approximate surface area is 220 Å². The quantitative estimate of drug-likeness (QED) is 0.150. The zero-order valence-corrected chi connectivity index (χ0v) is 22.4. The fraction of sp³-hybridized carbons (Fsp3) is 0.467. The number of hydrogen-bond donors (Lipinski definition) is 1. The smallest absolute Gasteiger partial charge is 0.295 e. The molecular formula is C30H39NO6. The van der Waals surface area contributed by atoms with Gasteiger partial charge in [-0.1, -0.05) is 38.8 Å². The highest BCUT2D eigenvalue weighted by atomic mass is 16.5. The molecule has 1 saturated heterocycles. The van der Waals surface area contributed by atoms with Crippen molar-refractivity contribution in [2.24, 2.45) is 0 Å². The minimum atomic E-state index is -0.707. The number of ether oxygens (including phenoxy) is 3. The molecule has 0 aliphatic carbocycles. The van der Waals surface area contributed by atoms with Crippen molar-refractivity contribution in [3.63, 3.8) is 0 Å². The van der Waals surface area contributed by atoms with Crippen LogP contribution in [-0.2, 0) is 14.3 Å². The SMILES string of the molecule is CCCCCOc1ccc(C2C(=C(O)c3ccc(OCCC)cc3C)C(=O)C(=O)N2CCCOC)cc1. The number of nitrogens with zero attached hydrogens (tertiary/aromatic N) is 1. The highest BCUT2D eigenvalue weighted by molar-refractivity contribution is 6.46. The maximum absolute atomic E-state index is 13.2. The Bertz CT molecular complexity index is 1090. The molecule has 0 saturated carbocycles. The van der Waals surface area contributed by atoms with Crippen molar-refractivity contribution in [1.29, 1.82) is 0 Å². The summed E-state index contributed by atoms with van der Waals surface area (Å²) in [4.78, 5) is 27.9. The predicted molar refractivity (Wildman–Crippen MR) is 144 cm³/mol. The highest BCUT2D eigenvalue weighted by Gasteiger charge is 2.45. The fourth-order valence-corrected chi connectivity index (χ4v) is 4.48. The van der Waals surface area contributed by atoms with Gasteiger partial charge < -0.3 is 24.2 Å². The average Bonchev–Trinajstić information content (AvgIpc) is 3.15. The topological polar surface area (TPSA) is 85.3 Å². The number of Topliss-reactive ketones (excluding diaryl/α,β-unsaturated/α-hetero) is 1. The van der Waals surface area contributed by atoms with Crippen LogP contribution in [0.3, 0.4) is 0 Å². The largest absolute Gasteiger partial charge is 0.507 e. The van der Waals surface area contributed by atoms with Crippen LogP contribution in [0.4, 0.5) is 0 Å². The van der Waals surface area contributed by atoms with Crippen LogP contribution >= 0.6 is 0 Å². The van der Waals surface area contributed by atoms with Gasteiger partial charge in [0.25, 0.3) is 11.7 Å². The van der Waals surface area contributed by atoms with Crippen molar-refractivity contribution in [3.05, 3.63) is 64.7 Å². The van der Waals surface area contributed by atoms with Gasteiger partial charge in [-0.05, 0) is 67.6 Å². The van der Waals surface area contributed by atoms with Crippen LogP contribution in [0.25, 0.3) is 5.76 Å². The molecule has 0 spiro atoms. The van der Waals surface area contributed by atoms with Gasteiger partial charge in [-0.3, -0.25) is 9.59 Å². The van der Waals surface area contributed by atoms with Crippen LogP contribution in [-0.4, -0.2) is 55.2 Å². The second kappa shape index (κ2) is 13.8. The minimum Gasteiger partial charge on any atom is -0.507 e. The first-order valence-electron chi connectivity index (χ1n) is 13.2. The number of unbranched alkanes of at least 4 members (excludes halogenated alkanes) is 2. The van der Waals surface area contributed by atoms with E-state index in [0.717, 1.165) is 42.6 Å². The number of carbonyl (C=O) groups excluding carboxylic acids is 2. The minimum absolute atomic E-state index is 0.0874. The van der Waals surface area contributed by atoms with E-state index in [4.69, 9.17) is 14.2 Å². The van der Waals surface area contributed by atoms with Crippen molar-refractivity contribution in [2.75, 3.05) is 33.5 Å². The standard InChI is InChI=1S/C30H39NO6/c1-5-7-8-19-37-23-12-10-22(11-13-23)27-26(29(33)30(34)31(27)16-9-18-35-4)28(32)25-15-14-24(20-21(25)3)36-17-6-2/h10-15,20,27,32H,5-9,16-19H2,1-4H3. The van der Waals surface area contributed by atoms with Gasteiger partial charge in [0, 0.05) is 25.8 Å². The third-order valence-electron chi connectivity index (χ3n) is 6.43. The van der Waals surface area contributed by atoms with Gasteiger partial charge >= 0.3 is 0 Å². The lowest BCUT2D eigenvalue weighted by Crippen LogP contribution is -2.31. The Morgan fingerprint density at radius 1 is 0.892 bits per heavy atom. The van der Waals surface area contributed by atoms with Crippen molar-refractivity contribution in [1.82, 2.24) is 4.90 Å². The molecule has 200 valence electrons. The number of aryl methyl sites for hydroxylation is 1. The van der Waals surface area contributed by atoms with Crippen LogP contribution < -0.4 is 9.47 Å². The zero-order valence-electron chi connectivity index (χ0n) is 22.4. The first-order chi connectivity index (χ1) is 17.9. The molecule has 1 heterocycles. The molecule has 7 nitrogen and oxygen atoms in total. The van der Waals surface area contributed by atoms with E-state index < -0.39 is 17.7 Å². The van der Waals surface area contributed by atoms with E-state index in [1.807, 2.05) is 44.2 Å². The third kappa shape index (κ3) is 6.92. The van der Waals surface area contributed by atoms with Crippen molar-refractivity contribution < 1.29 is 28.9 Å². The van der Waals surface area contributed by atoms with E-state index in [1.165, 1.54) is 4.90 Å². The number of rotatable bonds is 14. The van der Waals surface area contributed by atoms with E-state index in [9.17, 15) is 14.7 Å². The Morgan fingerprint density at radius 3 is 2.24 bits per heavy atom. The van der Waals surface area contributed by atoms with E-state index >= 15 is 0 Å². The number of likely N-dealkylation sites (tertiary alicyclic amines) is 1. The predicted octanol–water partition coefficient (Wildman–Crippen LogP) is 5.81. The van der Waals surface area contributed by atoms with Crippen LogP contribution in [0.5, 0.6) is 11.5 Å². The van der Waals surface area contributed by atoms with E-state index in [1.54, 1.807) is 19.2 Å². The molecule has 1 atom stereocenters. The molecule has 2 aromatic carbocycles. The summed E-state index contributed by atoms with van der Waals surface area (Å²) in [7, 11) is 1.60. The average molecular weight is 510 g/mol. The van der Waals surface area contributed by atoms with Crippen LogP contribution in [0, 0.1) is 6.92 Å². The third-order valence-corrected chi connectivity index (χ3v) is 6.43. The summed E-state index contributed by atoms with van der Waals surface area (Å²) in [6.07, 6.45) is 4.67. The molecule has 3 rings (SSSR count). The van der Waals surface area contributed by atoms with Gasteiger partial charge in [0.15, 0.2) is 0 Å². The molecule has 1 fully saturated rings. The van der Waals surface area contributed by atoms with Crippen molar-refractivity contribution >= 4 is 17.4 Å². The zero-order chi connectivity index (χ0) is 26.8. The summed E-state index contributed by atoms with van der Waals surface area (Å²) in [5, 5.41) is 11.4. The summed E-state index contributed by atoms with van der Waals surface area (Å²) >= 11 is 0. The number of carbonyl (C=O) groups is 2. The fourth-order valence-electron chi connectivity index (χ4n) is 4.48. The Kier molecular flexibility index (Phi) is 10.6. The van der Waals surface area contributed by atoms with Crippen LogP contribution in [0.2, 0.25) is 0 Å². The lowest BCUT2D eigenvalue weighted by atomic mass is 9.93. The molecule has 1 aliphatic heterocycles. The van der Waals surface area contributed by atoms with Gasteiger partial charge in [0.2, 0.25) is 0 Å². The molecule has 7 heteroatoms. The first kappa shape index (κ1) is 28.3. The van der Waals surface area contributed by atoms with Crippen molar-refractivity contribution in [2.45, 2.75) is 58.9 Å². The van der Waals surface area contributed by atoms with Gasteiger partial charge in [-0.25, -0.2) is 0 Å². The molecule has 0 bridgehead atoms. The Balaban J connectivity index is 1.98. The number of methoxy groups -OCH3 is 1. The summed E-state index contributed by atoms with van der Waals surface area (Å²) in [5.41, 5.74) is 2.08. The molecule has 37 heavy (non-hydrogen) atoms. The van der Waals surface area contributed by atoms with Crippen LogP contribution in [0.15, 0.2) is 48.0 Å². The summed E-state index contributed by atoms with van der Waals surface area (Å²) in [5.74, 6) is -0.0673. The molecule has 1 aliphatic rings. The molecule has 2 aromatic rings. The number of amides is 1. The summed E-state index contributed by atoms with van der Waals surface area (Å²) in [6, 6.07) is 12.0. The highest BCUT2D eigenvalue weighted by Crippen LogP contribution is 2.40. The van der Waals surface area contributed by atoms with Crippen molar-refractivity contribution in [3.8, 4) is 11.5 Å². The Hall–Kier alpha value is -3.32. The maximum atomic E-state index is 13.2. The first-order valence-corrected chi connectivity index (χ1v) is 13.2. The summed E-state index contributed by atoms with van der Waals surface area (Å²) in [6.45, 7) is 8.05. The number of hydrogen-bond acceptors (Lipinski definition) is 6. The Morgan fingerprint density at radius 2 is 1.59 bits per heavy atom.